The molecule has 50 heavy (non-hydrogen) atoms. The predicted molar refractivity (Wildman–Crippen MR) is 200 cm³/mol. The molecule has 0 aromatic heterocycles. The molecular weight excluding hydrogens is 667 g/mol. The van der Waals surface area contributed by atoms with Crippen molar-refractivity contribution in [3.63, 3.8) is 0 Å². The van der Waals surface area contributed by atoms with Gasteiger partial charge in [0.25, 0.3) is 0 Å². The number of rotatable bonds is 13. The van der Waals surface area contributed by atoms with E-state index < -0.39 is 25.2 Å². The summed E-state index contributed by atoms with van der Waals surface area (Å²) in [6.45, 7) is 11.0. The molecule has 2 amide bonds. The SMILES string of the molecule is CC.CCC(=O)C1CCC1.CCCC/C(C(CC)=Nc1cccc(Cl)c1)=C(/N)CNC(=O)N(CCC(F)(F)F)C(=N)c1ccc(C)cc1.CO. The molecule has 0 saturated heterocycles. The van der Waals surface area contributed by atoms with Gasteiger partial charge >= 0.3 is 12.2 Å². The Balaban J connectivity index is 0.00000171. The lowest BCUT2D eigenvalue weighted by Gasteiger charge is -2.25. The Morgan fingerprint density at radius 2 is 1.68 bits per heavy atom. The van der Waals surface area contributed by atoms with E-state index in [9.17, 15) is 22.8 Å². The summed E-state index contributed by atoms with van der Waals surface area (Å²) in [6.07, 6.45) is 1.57. The average molecular weight is 724 g/mol. The summed E-state index contributed by atoms with van der Waals surface area (Å²) >= 11 is 6.10. The van der Waals surface area contributed by atoms with Gasteiger partial charge in [0.1, 0.15) is 11.6 Å². The molecule has 1 aliphatic carbocycles. The van der Waals surface area contributed by atoms with Gasteiger partial charge in [-0.25, -0.2) is 4.79 Å². The fourth-order valence-corrected chi connectivity index (χ4v) is 4.90. The highest BCUT2D eigenvalue weighted by Crippen LogP contribution is 2.28. The molecule has 1 fully saturated rings. The van der Waals surface area contributed by atoms with Crippen LogP contribution in [0.15, 0.2) is 64.8 Å². The number of urea groups is 1. The summed E-state index contributed by atoms with van der Waals surface area (Å²) in [5, 5.41) is 18.6. The highest BCUT2D eigenvalue weighted by molar-refractivity contribution is 6.30. The maximum atomic E-state index is 13.0. The Kier molecular flexibility index (Phi) is 23.4. The Morgan fingerprint density at radius 3 is 2.14 bits per heavy atom. The molecule has 0 spiro atoms. The first-order valence-electron chi connectivity index (χ1n) is 17.4. The number of nitrogens with two attached hydrogens (primary N) is 1. The van der Waals surface area contributed by atoms with Crippen LogP contribution >= 0.6 is 11.6 Å². The van der Waals surface area contributed by atoms with Crippen LogP contribution in [0.4, 0.5) is 23.7 Å². The number of aliphatic hydroxyl groups excluding tert-OH is 1. The van der Waals surface area contributed by atoms with Gasteiger partial charge in [-0.1, -0.05) is 95.0 Å². The van der Waals surface area contributed by atoms with E-state index in [1.165, 1.54) is 6.42 Å². The Morgan fingerprint density at radius 1 is 1.06 bits per heavy atom. The van der Waals surface area contributed by atoms with Crippen LogP contribution in [-0.2, 0) is 4.79 Å². The third kappa shape index (κ3) is 17.3. The molecule has 1 aliphatic rings. The lowest BCUT2D eigenvalue weighted by molar-refractivity contribution is -0.135. The number of carbonyl (C=O) groups excluding carboxylic acids is 2. The van der Waals surface area contributed by atoms with Crippen molar-refractivity contribution in [2.24, 2.45) is 16.6 Å². The number of carbonyl (C=O) groups is 2. The zero-order valence-electron chi connectivity index (χ0n) is 30.7. The topological polar surface area (TPSA) is 132 Å². The quantitative estimate of drug-likeness (QED) is 0.121. The lowest BCUT2D eigenvalue weighted by atomic mass is 9.81. The normalized spacial score (nSPS) is 13.1. The molecule has 280 valence electrons. The number of aryl methyl sites for hydroxylation is 1. The Labute approximate surface area is 301 Å². The van der Waals surface area contributed by atoms with E-state index in [0.29, 0.717) is 46.5 Å². The maximum absolute atomic E-state index is 13.0. The molecule has 0 atom stereocenters. The number of unbranched alkanes of at least 4 members (excludes halogenated alkanes) is 1. The molecule has 2 aromatic rings. The number of benzene rings is 2. The molecule has 12 heteroatoms. The first-order chi connectivity index (χ1) is 23.8. The standard InChI is InChI=1S/C28H35ClF3N5O.C7H12O.C2H6.CH4O/c1-4-6-10-23(25(5-2)36-22-9-7-8-21(29)17-22)24(33)18-35-27(38)37(16-15-28(30,31)32)26(34)20-13-11-19(3)12-14-20;1-2-7(8)6-4-3-5-6;2*1-2/h7-9,11-14,17,34H,4-6,10,15-16,18,33H2,1-3H3,(H,35,38);6H,2-5H2,1H3;1-2H3;2H,1H3/b24-23-,34-26?,36-25?;;;. The van der Waals surface area contributed by atoms with Crippen LogP contribution < -0.4 is 11.1 Å². The highest BCUT2D eigenvalue weighted by Gasteiger charge is 2.31. The van der Waals surface area contributed by atoms with Crippen LogP contribution in [0.2, 0.25) is 5.02 Å². The van der Waals surface area contributed by atoms with Crippen molar-refractivity contribution in [3.05, 3.63) is 76.0 Å². The number of halogens is 4. The van der Waals surface area contributed by atoms with Crippen LogP contribution in [0.1, 0.15) is 104 Å². The second-order valence-corrected chi connectivity index (χ2v) is 11.8. The van der Waals surface area contributed by atoms with Gasteiger partial charge in [-0.3, -0.25) is 20.1 Å². The molecule has 0 radical (unpaired) electrons. The molecule has 2 aromatic carbocycles. The minimum atomic E-state index is -4.48. The second kappa shape index (κ2) is 25.3. The first-order valence-corrected chi connectivity index (χ1v) is 17.7. The van der Waals surface area contributed by atoms with Crippen LogP contribution in [-0.4, -0.2) is 59.7 Å². The summed E-state index contributed by atoms with van der Waals surface area (Å²) < 4.78 is 39.0. The summed E-state index contributed by atoms with van der Waals surface area (Å²) in [5.74, 6) is 0.605. The number of amides is 2. The van der Waals surface area contributed by atoms with E-state index in [1.54, 1.807) is 42.5 Å². The van der Waals surface area contributed by atoms with Crippen molar-refractivity contribution in [2.75, 3.05) is 20.2 Å². The van der Waals surface area contributed by atoms with Gasteiger partial charge in [0.2, 0.25) is 0 Å². The van der Waals surface area contributed by atoms with Crippen LogP contribution in [0.25, 0.3) is 0 Å². The summed E-state index contributed by atoms with van der Waals surface area (Å²) in [6, 6.07) is 12.9. The predicted octanol–water partition coefficient (Wildman–Crippen LogP) is 9.92. The smallest absolute Gasteiger partial charge is 0.390 e. The number of alkyl halides is 3. The number of nitrogens with zero attached hydrogens (tertiary/aromatic N) is 2. The minimum absolute atomic E-state index is 0.101. The van der Waals surface area contributed by atoms with Gasteiger partial charge < -0.3 is 16.2 Å². The number of allylic oxidation sites excluding steroid dienone is 1. The third-order valence-electron chi connectivity index (χ3n) is 7.72. The largest absolute Gasteiger partial charge is 0.400 e. The Hall–Kier alpha value is -3.70. The monoisotopic (exact) mass is 723 g/mol. The van der Waals surface area contributed by atoms with Gasteiger partial charge in [-0.05, 0) is 62.8 Å². The summed E-state index contributed by atoms with van der Waals surface area (Å²) in [4.78, 5) is 29.3. The number of hydrogen-bond donors (Lipinski definition) is 4. The van der Waals surface area contributed by atoms with Crippen molar-refractivity contribution in [2.45, 2.75) is 106 Å². The van der Waals surface area contributed by atoms with E-state index in [-0.39, 0.29) is 12.4 Å². The van der Waals surface area contributed by atoms with Gasteiger partial charge in [0.05, 0.1) is 18.7 Å². The van der Waals surface area contributed by atoms with Crippen molar-refractivity contribution in [1.82, 2.24) is 10.2 Å². The van der Waals surface area contributed by atoms with Crippen molar-refractivity contribution in [1.29, 1.82) is 5.41 Å². The summed E-state index contributed by atoms with van der Waals surface area (Å²) in [5.41, 5.74) is 10.2. The number of nitrogens with one attached hydrogen (secondary N) is 2. The molecule has 8 nitrogen and oxygen atoms in total. The van der Waals surface area contributed by atoms with Gasteiger partial charge in [0.15, 0.2) is 0 Å². The second-order valence-electron chi connectivity index (χ2n) is 11.3. The number of amidine groups is 1. The molecule has 5 N–H and O–H groups in total. The highest BCUT2D eigenvalue weighted by atomic mass is 35.5. The van der Waals surface area contributed by atoms with Gasteiger partial charge in [-0.15, -0.1) is 0 Å². The molecular formula is C38H57ClF3N5O3. The fraction of sp³-hybridized carbons (Fsp3) is 0.526. The molecule has 0 unspecified atom stereocenters. The van der Waals surface area contributed by atoms with E-state index in [2.05, 4.69) is 5.32 Å². The molecule has 0 aliphatic heterocycles. The molecule has 1 saturated carbocycles. The Bertz CT molecular complexity index is 1370. The zero-order chi connectivity index (χ0) is 38.3. The third-order valence-corrected chi connectivity index (χ3v) is 7.96. The summed E-state index contributed by atoms with van der Waals surface area (Å²) in [7, 11) is 1.00. The number of aliphatic imine (C=N–C) groups is 1. The van der Waals surface area contributed by atoms with Crippen LogP contribution in [0.5, 0.6) is 0 Å². The van der Waals surface area contributed by atoms with E-state index in [4.69, 9.17) is 32.8 Å². The van der Waals surface area contributed by atoms with E-state index in [0.717, 1.165) is 61.0 Å². The van der Waals surface area contributed by atoms with Gasteiger partial charge in [-0.2, -0.15) is 13.2 Å². The first kappa shape index (κ1) is 46.3. The zero-order valence-corrected chi connectivity index (χ0v) is 31.5. The van der Waals surface area contributed by atoms with E-state index in [1.807, 2.05) is 47.6 Å². The van der Waals surface area contributed by atoms with Gasteiger partial charge in [0, 0.05) is 48.0 Å². The lowest BCUT2D eigenvalue weighted by Crippen LogP contribution is -2.46. The van der Waals surface area contributed by atoms with Crippen molar-refractivity contribution >= 4 is 40.6 Å². The number of ketones is 1. The molecule has 0 heterocycles. The van der Waals surface area contributed by atoms with Crippen molar-refractivity contribution in [3.8, 4) is 0 Å². The minimum Gasteiger partial charge on any atom is -0.400 e. The molecule has 0 bridgehead atoms. The fourth-order valence-electron chi connectivity index (χ4n) is 4.72. The average Bonchev–Trinajstić information content (AvgIpc) is 3.08. The van der Waals surface area contributed by atoms with Crippen LogP contribution in [0, 0.1) is 18.3 Å². The van der Waals surface area contributed by atoms with Crippen LogP contribution in [0.3, 0.4) is 0 Å². The number of hydrogen-bond acceptors (Lipinski definition) is 6. The number of aliphatic hydroxyl groups is 1. The maximum Gasteiger partial charge on any atom is 0.390 e. The van der Waals surface area contributed by atoms with E-state index >= 15 is 0 Å². The number of Topliss-reactive ketones (excluding diaryl/α,β-unsaturated/α-hetero) is 1. The van der Waals surface area contributed by atoms with Crippen molar-refractivity contribution < 1.29 is 27.9 Å². The molecule has 3 rings (SSSR count).